The average molecular weight is 791 g/mol. The first-order valence-electron chi connectivity index (χ1n) is 22.4. The first-order valence-corrected chi connectivity index (χ1v) is 22.4. The van der Waals surface area contributed by atoms with Crippen molar-refractivity contribution in [3.8, 4) is 0 Å². The molecule has 0 bridgehead atoms. The number of hydrogen-bond acceptors (Lipinski definition) is 4. The standard InChI is InChI=1S/C50H66N2O6/c1-5-9-13-17-21-33(22-18-14-10-6-2)51-47(53)39-29-25-35-37-27-31-41(49(55)56)46-42(50(57)58)32-28-38(44(37)46)36-26-30-40(45(39)43(35)36)48(54)52-34(23-19-15-11-7-3)24-20-16-12-8-4/h25-34H,5-24H2,1-4H3,(H,51,53)(H,52,54)(H,55,56)(H,57,58). The van der Waals surface area contributed by atoms with Crippen LogP contribution in [0.2, 0.25) is 0 Å². The third-order valence-electron chi connectivity index (χ3n) is 12.1. The Balaban J connectivity index is 1.69. The summed E-state index contributed by atoms with van der Waals surface area (Å²) in [6.07, 6.45) is 21.5. The molecule has 0 saturated carbocycles. The van der Waals surface area contributed by atoms with Crippen molar-refractivity contribution < 1.29 is 29.4 Å². The smallest absolute Gasteiger partial charge is 0.336 e. The highest BCUT2D eigenvalue weighted by atomic mass is 16.4. The maximum atomic E-state index is 14.7. The van der Waals surface area contributed by atoms with Crippen LogP contribution < -0.4 is 10.6 Å². The molecule has 0 atom stereocenters. The van der Waals surface area contributed by atoms with Crippen LogP contribution in [0.4, 0.5) is 0 Å². The summed E-state index contributed by atoms with van der Waals surface area (Å²) >= 11 is 0. The molecule has 0 unspecified atom stereocenters. The zero-order valence-corrected chi connectivity index (χ0v) is 35.4. The van der Waals surface area contributed by atoms with Crippen molar-refractivity contribution in [3.05, 3.63) is 70.8 Å². The molecule has 0 fully saturated rings. The molecule has 0 aromatic heterocycles. The number of carboxylic acid groups (broad SMARTS) is 2. The summed E-state index contributed by atoms with van der Waals surface area (Å²) in [5.41, 5.74) is 0.698. The SMILES string of the molecule is CCCCCCC(CCCCCC)NC(=O)c1ccc2c3ccc(C(=O)O)c4c(C(=O)O)ccc(c5ccc(C(=O)NC(CCCCCC)CCCCCC)c1c25)c43. The van der Waals surface area contributed by atoms with Crippen LogP contribution in [0, 0.1) is 0 Å². The molecule has 5 aromatic rings. The fraction of sp³-hybridized carbons (Fsp3) is 0.520. The molecule has 0 aliphatic rings. The summed E-state index contributed by atoms with van der Waals surface area (Å²) in [4.78, 5) is 54.3. The number of fused-ring (bicyclic) bond motifs is 2. The van der Waals surface area contributed by atoms with Gasteiger partial charge in [-0.1, -0.05) is 155 Å². The molecule has 5 rings (SSSR count). The number of carbonyl (C=O) groups is 4. The highest BCUT2D eigenvalue weighted by molar-refractivity contribution is 6.38. The average Bonchev–Trinajstić information content (AvgIpc) is 3.22. The second-order valence-electron chi connectivity index (χ2n) is 16.5. The number of unbranched alkanes of at least 4 members (excludes halogenated alkanes) is 12. The Morgan fingerprint density at radius 1 is 0.397 bits per heavy atom. The van der Waals surface area contributed by atoms with E-state index in [1.165, 1.54) is 12.1 Å². The highest BCUT2D eigenvalue weighted by Crippen LogP contribution is 2.44. The van der Waals surface area contributed by atoms with Gasteiger partial charge in [-0.2, -0.15) is 0 Å². The van der Waals surface area contributed by atoms with Gasteiger partial charge in [-0.3, -0.25) is 9.59 Å². The largest absolute Gasteiger partial charge is 0.478 e. The molecule has 0 radical (unpaired) electrons. The van der Waals surface area contributed by atoms with E-state index < -0.39 is 11.9 Å². The van der Waals surface area contributed by atoms with E-state index in [9.17, 15) is 29.4 Å². The van der Waals surface area contributed by atoms with Crippen molar-refractivity contribution in [1.29, 1.82) is 0 Å². The Kier molecular flexibility index (Phi) is 16.7. The lowest BCUT2D eigenvalue weighted by Crippen LogP contribution is -2.36. The molecule has 0 aliphatic heterocycles. The summed E-state index contributed by atoms with van der Waals surface area (Å²) in [5, 5.41) is 32.1. The maximum absolute atomic E-state index is 14.7. The van der Waals surface area contributed by atoms with Gasteiger partial charge in [0.2, 0.25) is 0 Å². The first kappa shape index (κ1) is 44.4. The van der Waals surface area contributed by atoms with Crippen molar-refractivity contribution >= 4 is 66.8 Å². The molecule has 58 heavy (non-hydrogen) atoms. The van der Waals surface area contributed by atoms with Crippen molar-refractivity contribution in [3.63, 3.8) is 0 Å². The lowest BCUT2D eigenvalue weighted by molar-refractivity contribution is 0.0695. The second-order valence-corrected chi connectivity index (χ2v) is 16.5. The zero-order chi connectivity index (χ0) is 41.6. The Bertz CT molecular complexity index is 2000. The minimum absolute atomic E-state index is 0.0123. The summed E-state index contributed by atoms with van der Waals surface area (Å²) in [5.74, 6) is -2.83. The Labute approximate surface area is 344 Å². The third kappa shape index (κ3) is 10.5. The van der Waals surface area contributed by atoms with Gasteiger partial charge >= 0.3 is 11.9 Å². The molecule has 0 heterocycles. The molecule has 0 saturated heterocycles. The number of carboxylic acids is 2. The lowest BCUT2D eigenvalue weighted by atomic mass is 9.84. The van der Waals surface area contributed by atoms with Gasteiger partial charge in [-0.25, -0.2) is 9.59 Å². The second kappa shape index (κ2) is 21.9. The molecular weight excluding hydrogens is 725 g/mol. The molecule has 2 amide bonds. The minimum atomic E-state index is -1.21. The summed E-state index contributed by atoms with van der Waals surface area (Å²) < 4.78 is 0. The number of nitrogens with one attached hydrogen (secondary N) is 2. The summed E-state index contributed by atoms with van der Waals surface area (Å²) in [6, 6.07) is 13.8. The van der Waals surface area contributed by atoms with Gasteiger partial charge in [0.1, 0.15) is 0 Å². The summed E-state index contributed by atoms with van der Waals surface area (Å²) in [7, 11) is 0. The number of amides is 2. The van der Waals surface area contributed by atoms with E-state index in [1.54, 1.807) is 24.3 Å². The molecule has 5 aromatic carbocycles. The van der Waals surface area contributed by atoms with E-state index in [1.807, 2.05) is 12.1 Å². The molecule has 312 valence electrons. The fourth-order valence-electron chi connectivity index (χ4n) is 9.00. The quantitative estimate of drug-likeness (QED) is 0.0250. The summed E-state index contributed by atoms with van der Waals surface area (Å²) in [6.45, 7) is 8.80. The zero-order valence-electron chi connectivity index (χ0n) is 35.4. The normalized spacial score (nSPS) is 11.8. The van der Waals surface area contributed by atoms with Crippen molar-refractivity contribution in [2.75, 3.05) is 0 Å². The van der Waals surface area contributed by atoms with Crippen LogP contribution in [-0.2, 0) is 0 Å². The van der Waals surface area contributed by atoms with Crippen LogP contribution in [0.1, 0.15) is 198 Å². The third-order valence-corrected chi connectivity index (χ3v) is 12.1. The van der Waals surface area contributed by atoms with Gasteiger partial charge < -0.3 is 20.8 Å². The van der Waals surface area contributed by atoms with Crippen LogP contribution in [0.3, 0.4) is 0 Å². The van der Waals surface area contributed by atoms with Gasteiger partial charge in [0.05, 0.1) is 11.1 Å². The Morgan fingerprint density at radius 3 is 0.948 bits per heavy atom. The fourth-order valence-corrected chi connectivity index (χ4v) is 9.00. The van der Waals surface area contributed by atoms with Crippen LogP contribution >= 0.6 is 0 Å². The van der Waals surface area contributed by atoms with Crippen LogP contribution in [0.5, 0.6) is 0 Å². The van der Waals surface area contributed by atoms with E-state index in [-0.39, 0.29) is 40.4 Å². The van der Waals surface area contributed by atoms with Crippen molar-refractivity contribution in [1.82, 2.24) is 10.6 Å². The lowest BCUT2D eigenvalue weighted by Gasteiger charge is -2.23. The van der Waals surface area contributed by atoms with Gasteiger partial charge in [-0.15, -0.1) is 0 Å². The van der Waals surface area contributed by atoms with Crippen molar-refractivity contribution in [2.24, 2.45) is 0 Å². The minimum Gasteiger partial charge on any atom is -0.478 e. The predicted molar refractivity (Wildman–Crippen MR) is 239 cm³/mol. The van der Waals surface area contributed by atoms with Crippen LogP contribution in [0.15, 0.2) is 48.5 Å². The number of rotatable bonds is 26. The number of hydrogen-bond donors (Lipinski definition) is 4. The number of carbonyl (C=O) groups excluding carboxylic acids is 2. The van der Waals surface area contributed by atoms with E-state index in [0.29, 0.717) is 32.7 Å². The predicted octanol–water partition coefficient (Wildman–Crippen LogP) is 13.2. The number of benzene rings is 5. The molecule has 0 aliphatic carbocycles. The Morgan fingerprint density at radius 2 is 0.672 bits per heavy atom. The molecule has 8 heteroatoms. The van der Waals surface area contributed by atoms with E-state index in [0.717, 1.165) is 145 Å². The van der Waals surface area contributed by atoms with Gasteiger partial charge in [0.15, 0.2) is 0 Å². The van der Waals surface area contributed by atoms with E-state index in [2.05, 4.69) is 38.3 Å². The van der Waals surface area contributed by atoms with Crippen molar-refractivity contribution in [2.45, 2.75) is 168 Å². The number of aromatic carboxylic acids is 2. The first-order chi connectivity index (χ1) is 28.2. The van der Waals surface area contributed by atoms with E-state index >= 15 is 0 Å². The monoisotopic (exact) mass is 790 g/mol. The van der Waals surface area contributed by atoms with Gasteiger partial charge in [0, 0.05) is 34.0 Å². The molecule has 8 nitrogen and oxygen atoms in total. The maximum Gasteiger partial charge on any atom is 0.336 e. The Hall–Kier alpha value is -4.72. The van der Waals surface area contributed by atoms with Gasteiger partial charge in [-0.05, 0) is 82.3 Å². The van der Waals surface area contributed by atoms with Crippen LogP contribution in [-0.4, -0.2) is 46.0 Å². The topological polar surface area (TPSA) is 133 Å². The molecular formula is C50H66N2O6. The molecule has 0 spiro atoms. The van der Waals surface area contributed by atoms with Gasteiger partial charge in [0.25, 0.3) is 11.8 Å². The highest BCUT2D eigenvalue weighted by Gasteiger charge is 2.27. The molecule has 4 N–H and O–H groups in total. The van der Waals surface area contributed by atoms with Crippen LogP contribution in [0.25, 0.3) is 43.1 Å². The van der Waals surface area contributed by atoms with E-state index in [4.69, 9.17) is 0 Å².